The fraction of sp³-hybridized carbons (Fsp3) is 0.714. The van der Waals surface area contributed by atoms with Gasteiger partial charge in [0, 0.05) is 24.6 Å². The molecule has 1 aromatic rings. The molecule has 2 aliphatic rings. The van der Waals surface area contributed by atoms with E-state index in [1.807, 2.05) is 0 Å². The predicted molar refractivity (Wildman–Crippen MR) is 75.6 cm³/mol. The molecule has 1 unspecified atom stereocenters. The molecule has 5 nitrogen and oxygen atoms in total. The third-order valence-corrected chi connectivity index (χ3v) is 4.15. The van der Waals surface area contributed by atoms with Gasteiger partial charge in [-0.3, -0.25) is 9.69 Å². The summed E-state index contributed by atoms with van der Waals surface area (Å²) in [6.07, 6.45) is 4.81. The second kappa shape index (κ2) is 5.33. The number of H-pyrrole nitrogens is 1. The first kappa shape index (κ1) is 12.7. The molecule has 1 atom stereocenters. The number of likely N-dealkylation sites (tertiary alicyclic amines) is 1. The van der Waals surface area contributed by atoms with Crippen molar-refractivity contribution < 1.29 is 0 Å². The zero-order chi connectivity index (χ0) is 13.2. The molecule has 1 aliphatic carbocycles. The molecule has 19 heavy (non-hydrogen) atoms. The molecule has 1 aromatic heterocycles. The van der Waals surface area contributed by atoms with E-state index in [1.165, 1.54) is 19.4 Å². The molecule has 0 radical (unpaired) electrons. The van der Waals surface area contributed by atoms with Crippen LogP contribution in [0.2, 0.25) is 0 Å². The number of rotatable bonds is 5. The predicted octanol–water partition coefficient (Wildman–Crippen LogP) is 1.54. The Kier molecular flexibility index (Phi) is 3.55. The molecule has 104 valence electrons. The lowest BCUT2D eigenvalue weighted by molar-refractivity contribution is 0.277. The van der Waals surface area contributed by atoms with Gasteiger partial charge in [-0.1, -0.05) is 6.92 Å². The average molecular weight is 262 g/mol. The Morgan fingerprint density at radius 2 is 2.32 bits per heavy atom. The van der Waals surface area contributed by atoms with E-state index in [0.717, 1.165) is 37.6 Å². The standard InChI is InChI=1S/C14H22N4O/c1-2-18-7-3-4-11(18)9-15-12-8-13(19)17-14(16-12)10-5-6-10/h8,10-11H,2-7,9H2,1H3,(H2,15,16,17,19). The lowest BCUT2D eigenvalue weighted by Crippen LogP contribution is -2.35. The highest BCUT2D eigenvalue weighted by atomic mass is 16.1. The van der Waals surface area contributed by atoms with Gasteiger partial charge in [-0.2, -0.15) is 0 Å². The number of hydrogen-bond acceptors (Lipinski definition) is 4. The second-order valence-electron chi connectivity index (χ2n) is 5.60. The van der Waals surface area contributed by atoms with E-state index in [0.29, 0.717) is 12.0 Å². The zero-order valence-corrected chi connectivity index (χ0v) is 11.5. The highest BCUT2D eigenvalue weighted by Crippen LogP contribution is 2.37. The van der Waals surface area contributed by atoms with Crippen LogP contribution in [0.15, 0.2) is 10.9 Å². The van der Waals surface area contributed by atoms with E-state index in [2.05, 4.69) is 27.1 Å². The molecule has 0 bridgehead atoms. The summed E-state index contributed by atoms with van der Waals surface area (Å²) in [4.78, 5) is 21.5. The highest BCUT2D eigenvalue weighted by Gasteiger charge is 2.27. The molecule has 0 spiro atoms. The Labute approximate surface area is 113 Å². The van der Waals surface area contributed by atoms with Gasteiger partial charge in [0.05, 0.1) is 0 Å². The van der Waals surface area contributed by atoms with Crippen molar-refractivity contribution in [1.82, 2.24) is 14.9 Å². The van der Waals surface area contributed by atoms with Gasteiger partial charge in [-0.25, -0.2) is 4.98 Å². The van der Waals surface area contributed by atoms with E-state index < -0.39 is 0 Å². The van der Waals surface area contributed by atoms with Crippen molar-refractivity contribution >= 4 is 5.82 Å². The van der Waals surface area contributed by atoms with E-state index in [9.17, 15) is 4.79 Å². The molecule has 5 heteroatoms. The van der Waals surface area contributed by atoms with E-state index in [4.69, 9.17) is 0 Å². The van der Waals surface area contributed by atoms with Gasteiger partial charge in [0.2, 0.25) is 0 Å². The third-order valence-electron chi connectivity index (χ3n) is 4.15. The van der Waals surface area contributed by atoms with E-state index >= 15 is 0 Å². The first-order valence-corrected chi connectivity index (χ1v) is 7.35. The Balaban J connectivity index is 1.64. The summed E-state index contributed by atoms with van der Waals surface area (Å²) in [6, 6.07) is 2.15. The van der Waals surface area contributed by atoms with Gasteiger partial charge in [-0.15, -0.1) is 0 Å². The van der Waals surface area contributed by atoms with Crippen molar-refractivity contribution in [3.63, 3.8) is 0 Å². The van der Waals surface area contributed by atoms with Crippen LogP contribution in [0.1, 0.15) is 44.3 Å². The van der Waals surface area contributed by atoms with Gasteiger partial charge >= 0.3 is 0 Å². The van der Waals surface area contributed by atoms with E-state index in [1.54, 1.807) is 6.07 Å². The molecule has 0 amide bonds. The molecule has 0 aromatic carbocycles. The van der Waals surface area contributed by atoms with Crippen molar-refractivity contribution in [2.45, 2.75) is 44.6 Å². The average Bonchev–Trinajstić information content (AvgIpc) is 3.15. The molecule has 1 saturated carbocycles. The van der Waals surface area contributed by atoms with E-state index in [-0.39, 0.29) is 5.56 Å². The largest absolute Gasteiger partial charge is 0.368 e. The van der Waals surface area contributed by atoms with Crippen molar-refractivity contribution in [2.75, 3.05) is 25.0 Å². The number of nitrogens with zero attached hydrogens (tertiary/aromatic N) is 2. The maximum atomic E-state index is 11.6. The first-order chi connectivity index (χ1) is 9.26. The summed E-state index contributed by atoms with van der Waals surface area (Å²) < 4.78 is 0. The summed E-state index contributed by atoms with van der Waals surface area (Å²) in [5, 5.41) is 3.34. The fourth-order valence-electron chi connectivity index (χ4n) is 2.88. The van der Waals surface area contributed by atoms with Crippen molar-refractivity contribution in [2.24, 2.45) is 0 Å². The number of likely N-dealkylation sites (N-methyl/N-ethyl adjacent to an activating group) is 1. The first-order valence-electron chi connectivity index (χ1n) is 7.35. The number of nitrogens with one attached hydrogen (secondary N) is 2. The fourth-order valence-corrected chi connectivity index (χ4v) is 2.88. The normalized spacial score (nSPS) is 23.7. The summed E-state index contributed by atoms with van der Waals surface area (Å²) >= 11 is 0. The maximum absolute atomic E-state index is 11.6. The van der Waals surface area contributed by atoms with Crippen molar-refractivity contribution in [3.05, 3.63) is 22.2 Å². The third kappa shape index (κ3) is 2.97. The molecular formula is C14H22N4O. The van der Waals surface area contributed by atoms with Gasteiger partial charge in [-0.05, 0) is 38.8 Å². The molecule has 1 aliphatic heterocycles. The molecule has 3 rings (SSSR count). The van der Waals surface area contributed by atoms with Gasteiger partial charge in [0.15, 0.2) is 0 Å². The maximum Gasteiger partial charge on any atom is 0.252 e. The highest BCUT2D eigenvalue weighted by molar-refractivity contribution is 5.34. The monoisotopic (exact) mass is 262 g/mol. The minimum Gasteiger partial charge on any atom is -0.368 e. The Bertz CT molecular complexity index is 494. The number of aromatic amines is 1. The smallest absolute Gasteiger partial charge is 0.252 e. The van der Waals surface area contributed by atoms with Gasteiger partial charge in [0.1, 0.15) is 11.6 Å². The van der Waals surface area contributed by atoms with Gasteiger partial charge in [0.25, 0.3) is 5.56 Å². The molecule has 1 saturated heterocycles. The lowest BCUT2D eigenvalue weighted by atomic mass is 10.2. The van der Waals surface area contributed by atoms with Crippen LogP contribution in [0.25, 0.3) is 0 Å². The summed E-state index contributed by atoms with van der Waals surface area (Å²) in [5.74, 6) is 2.07. The van der Waals surface area contributed by atoms with Crippen LogP contribution >= 0.6 is 0 Å². The minimum atomic E-state index is -0.0434. The number of hydrogen-bond donors (Lipinski definition) is 2. The number of anilines is 1. The van der Waals surface area contributed by atoms with Crippen LogP contribution in [0.4, 0.5) is 5.82 Å². The topological polar surface area (TPSA) is 61.0 Å². The number of aromatic nitrogens is 2. The molecule has 2 N–H and O–H groups in total. The zero-order valence-electron chi connectivity index (χ0n) is 11.5. The molecular weight excluding hydrogens is 240 g/mol. The van der Waals surface area contributed by atoms with Gasteiger partial charge < -0.3 is 10.3 Å². The SMILES string of the molecule is CCN1CCCC1CNc1cc(=O)[nH]c(C2CC2)n1. The molecule has 2 heterocycles. The molecule has 2 fully saturated rings. The minimum absolute atomic E-state index is 0.0434. The van der Waals surface area contributed by atoms with Crippen LogP contribution in [0.3, 0.4) is 0 Å². The summed E-state index contributed by atoms with van der Waals surface area (Å²) in [6.45, 7) is 5.38. The lowest BCUT2D eigenvalue weighted by Gasteiger charge is -2.23. The van der Waals surface area contributed by atoms with Crippen molar-refractivity contribution in [3.8, 4) is 0 Å². The Morgan fingerprint density at radius 1 is 1.47 bits per heavy atom. The Hall–Kier alpha value is -1.36. The van der Waals surface area contributed by atoms with Crippen LogP contribution in [-0.4, -0.2) is 40.5 Å². The van der Waals surface area contributed by atoms with Crippen LogP contribution in [0, 0.1) is 0 Å². The summed E-state index contributed by atoms with van der Waals surface area (Å²) in [7, 11) is 0. The van der Waals surface area contributed by atoms with Crippen LogP contribution in [0.5, 0.6) is 0 Å². The quantitative estimate of drug-likeness (QED) is 0.845. The van der Waals surface area contributed by atoms with Crippen molar-refractivity contribution in [1.29, 1.82) is 0 Å². The summed E-state index contributed by atoms with van der Waals surface area (Å²) in [5.41, 5.74) is -0.0434. The Morgan fingerprint density at radius 3 is 3.05 bits per heavy atom. The van der Waals surface area contributed by atoms with Crippen LogP contribution in [-0.2, 0) is 0 Å². The second-order valence-corrected chi connectivity index (χ2v) is 5.60. The van der Waals surface area contributed by atoms with Crippen LogP contribution < -0.4 is 10.9 Å².